The first kappa shape index (κ1) is 35.7. The topological polar surface area (TPSA) is 90.1 Å². The van der Waals surface area contributed by atoms with Crippen LogP contribution in [0.15, 0.2) is 61.2 Å². The number of nitrogens with one attached hydrogen (secondary N) is 2. The zero-order valence-electron chi connectivity index (χ0n) is 27.8. The number of hydrogen-bond acceptors (Lipinski definition) is 5. The van der Waals surface area contributed by atoms with Crippen molar-refractivity contribution in [2.45, 2.75) is 77.0 Å². The summed E-state index contributed by atoms with van der Waals surface area (Å²) >= 11 is 0. The van der Waals surface area contributed by atoms with Crippen LogP contribution in [0.5, 0.6) is 0 Å². The zero-order valence-corrected chi connectivity index (χ0v) is 26.8. The van der Waals surface area contributed by atoms with Crippen molar-refractivity contribution in [2.24, 2.45) is 0 Å². The monoisotopic (exact) mass is 606 g/mol. The Labute approximate surface area is 285 Å². The van der Waals surface area contributed by atoms with Gasteiger partial charge in [-0.3, -0.25) is 9.97 Å². The number of allylic oxidation sites excluding steroid dienone is 2. The number of carbonyl (C=O) groups is 1. The van der Waals surface area contributed by atoms with E-state index in [4.69, 9.17) is 4.74 Å². The third kappa shape index (κ3) is 8.47. The average molecular weight is 607 g/mol. The van der Waals surface area contributed by atoms with Crippen molar-refractivity contribution in [2.75, 3.05) is 21.1 Å². The molecule has 8 nitrogen and oxygen atoms in total. The number of amides is 1. The number of nitrogens with zero attached hydrogens (tertiary/aromatic N) is 4. The van der Waals surface area contributed by atoms with Gasteiger partial charge < -0.3 is 25.9 Å². The molecule has 2 unspecified atom stereocenters. The number of pyridine rings is 2. The fourth-order valence-electron chi connectivity index (χ4n) is 5.83. The standard InChI is InChI=1S/C19H25N3O2.C15H19N3.Al.Li.4H/c1-19(2,3)24-18(23)22(4)14-9-7-13(8-10-14)15-12-21-16-6-5-11-20-17(15)16;1-18(2)12-7-5-11(6-8-12)13-10-17-14-4-3-9-16-15(13)14;;;;;;/h5-7,11-12,14,21H,8-10H2,1-4H3;3-5,9-10,12,17H,6-8H2,1-2H3;;;;;;/q;;;+1;;;;-1. The van der Waals surface area contributed by atoms with Crippen LogP contribution in [-0.4, -0.2) is 92.0 Å². The number of fused-ring (bicyclic) bond motifs is 2. The molecule has 10 heteroatoms. The molecule has 1 amide bonds. The molecule has 4 heterocycles. The molecule has 2 atom stereocenters. The molecule has 6 rings (SSSR count). The first-order chi connectivity index (χ1) is 20.1. The van der Waals surface area contributed by atoms with E-state index in [1.165, 1.54) is 28.7 Å². The Morgan fingerprint density at radius 1 is 0.864 bits per heavy atom. The molecular weight excluding hydrogens is 558 g/mol. The van der Waals surface area contributed by atoms with Gasteiger partial charge in [-0.05, 0) is 109 Å². The van der Waals surface area contributed by atoms with Gasteiger partial charge in [-0.1, -0.05) is 12.2 Å². The summed E-state index contributed by atoms with van der Waals surface area (Å²) in [6.07, 6.45) is 18.4. The molecule has 0 aliphatic heterocycles. The van der Waals surface area contributed by atoms with Gasteiger partial charge in [0.05, 0.1) is 22.1 Å². The van der Waals surface area contributed by atoms with Crippen LogP contribution >= 0.6 is 0 Å². The van der Waals surface area contributed by atoms with Gasteiger partial charge in [0.15, 0.2) is 17.4 Å². The third-order valence-electron chi connectivity index (χ3n) is 8.29. The summed E-state index contributed by atoms with van der Waals surface area (Å²) in [6.45, 7) is 5.67. The number of H-pyrrole nitrogens is 2. The number of ether oxygens (including phenoxy) is 1. The minimum atomic E-state index is -0.462. The number of carbonyl (C=O) groups excluding carboxylic acids is 1. The quantitative estimate of drug-likeness (QED) is 0.348. The van der Waals surface area contributed by atoms with Gasteiger partial charge >= 0.3 is 25.0 Å². The van der Waals surface area contributed by atoms with E-state index in [0.717, 1.165) is 54.2 Å². The first-order valence-electron chi connectivity index (χ1n) is 15.0. The number of hydrogen-bond donors (Lipinski definition) is 2. The minimum absolute atomic E-state index is 0. The van der Waals surface area contributed by atoms with Crippen LogP contribution in [0.2, 0.25) is 0 Å². The van der Waals surface area contributed by atoms with E-state index in [9.17, 15) is 4.79 Å². The Balaban J connectivity index is 0.000000303. The second-order valence-corrected chi connectivity index (χ2v) is 12.6. The second-order valence-electron chi connectivity index (χ2n) is 12.6. The van der Waals surface area contributed by atoms with Gasteiger partial charge in [0, 0.05) is 55.0 Å². The number of aromatic nitrogens is 4. The normalized spacial score (nSPS) is 18.3. The zero-order chi connectivity index (χ0) is 29.9. The van der Waals surface area contributed by atoms with Gasteiger partial charge in [0.2, 0.25) is 0 Å². The molecule has 44 heavy (non-hydrogen) atoms. The Bertz CT molecular complexity index is 1610. The van der Waals surface area contributed by atoms with Gasteiger partial charge in [-0.25, -0.2) is 4.79 Å². The van der Waals surface area contributed by atoms with Gasteiger partial charge in [-0.15, -0.1) is 0 Å². The molecule has 230 valence electrons. The van der Waals surface area contributed by atoms with E-state index >= 15 is 0 Å². The Hall–Kier alpha value is -2.78. The van der Waals surface area contributed by atoms with Crippen molar-refractivity contribution in [1.82, 2.24) is 29.7 Å². The van der Waals surface area contributed by atoms with Crippen LogP contribution in [0.1, 0.15) is 71.8 Å². The number of aromatic amines is 2. The van der Waals surface area contributed by atoms with Crippen molar-refractivity contribution in [3.8, 4) is 0 Å². The van der Waals surface area contributed by atoms with Gasteiger partial charge in [0.25, 0.3) is 0 Å². The minimum Gasteiger partial charge on any atom is -1.00 e. The van der Waals surface area contributed by atoms with Gasteiger partial charge in [0.1, 0.15) is 5.60 Å². The van der Waals surface area contributed by atoms with Crippen LogP contribution in [0, 0.1) is 0 Å². The van der Waals surface area contributed by atoms with E-state index in [1.807, 2.05) is 64.6 Å². The maximum Gasteiger partial charge on any atom is 1.00 e. The van der Waals surface area contributed by atoms with E-state index in [0.29, 0.717) is 6.04 Å². The fourth-order valence-corrected chi connectivity index (χ4v) is 5.83. The smallest absolute Gasteiger partial charge is 1.00 e. The molecular formula is C34H48AlLiN6O2. The SMILES string of the molecule is CN(C(=O)OC(C)(C)C)C1CC=C(c2c[nH]c3cccnc23)CC1.CN(C)C1CC=C(c2c[nH]c3cccnc23)CC1.[AlH3].[H-].[Li+]. The molecule has 0 radical (unpaired) electrons. The molecule has 2 aliphatic rings. The molecule has 2 N–H and O–H groups in total. The van der Waals surface area contributed by atoms with E-state index in [2.05, 4.69) is 63.3 Å². The Morgan fingerprint density at radius 3 is 1.75 bits per heavy atom. The first-order valence-corrected chi connectivity index (χ1v) is 15.0. The van der Waals surface area contributed by atoms with Crippen molar-refractivity contribution in [3.05, 3.63) is 72.3 Å². The van der Waals surface area contributed by atoms with Gasteiger partial charge in [-0.2, -0.15) is 0 Å². The van der Waals surface area contributed by atoms with Crippen LogP contribution in [0.4, 0.5) is 4.79 Å². The fraction of sp³-hybridized carbons (Fsp3) is 0.441. The largest absolute Gasteiger partial charge is 1.00 e. The molecule has 0 saturated carbocycles. The van der Waals surface area contributed by atoms with Crippen molar-refractivity contribution >= 4 is 56.7 Å². The maximum atomic E-state index is 12.2. The summed E-state index contributed by atoms with van der Waals surface area (Å²) in [5.41, 5.74) is 9.04. The summed E-state index contributed by atoms with van der Waals surface area (Å²) < 4.78 is 5.46. The molecule has 0 fully saturated rings. The van der Waals surface area contributed by atoms with Crippen LogP contribution in [0.3, 0.4) is 0 Å². The summed E-state index contributed by atoms with van der Waals surface area (Å²) in [5, 5.41) is 0. The predicted octanol–water partition coefficient (Wildman–Crippen LogP) is 3.36. The van der Waals surface area contributed by atoms with Crippen LogP contribution < -0.4 is 18.9 Å². The van der Waals surface area contributed by atoms with E-state index in [1.54, 1.807) is 4.90 Å². The predicted molar refractivity (Wildman–Crippen MR) is 182 cm³/mol. The summed E-state index contributed by atoms with van der Waals surface area (Å²) in [7, 11) is 6.15. The van der Waals surface area contributed by atoms with Crippen molar-refractivity contribution in [3.63, 3.8) is 0 Å². The molecule has 0 aromatic carbocycles. The molecule has 0 spiro atoms. The molecule has 4 aromatic rings. The summed E-state index contributed by atoms with van der Waals surface area (Å²) in [6, 6.07) is 8.89. The van der Waals surface area contributed by atoms with Crippen LogP contribution in [0.25, 0.3) is 33.2 Å². The maximum absolute atomic E-state index is 12.2. The molecule has 4 aromatic heterocycles. The third-order valence-corrected chi connectivity index (χ3v) is 8.29. The molecule has 0 saturated heterocycles. The average Bonchev–Trinajstić information content (AvgIpc) is 3.61. The van der Waals surface area contributed by atoms with E-state index in [-0.39, 0.29) is 49.8 Å². The number of rotatable bonds is 4. The molecule has 0 bridgehead atoms. The summed E-state index contributed by atoms with van der Waals surface area (Å²) in [4.78, 5) is 31.8. The van der Waals surface area contributed by atoms with Crippen molar-refractivity contribution < 1.29 is 29.8 Å². The Morgan fingerprint density at radius 2 is 1.34 bits per heavy atom. The second kappa shape index (κ2) is 15.5. The molecule has 2 aliphatic carbocycles. The van der Waals surface area contributed by atoms with E-state index < -0.39 is 5.60 Å². The van der Waals surface area contributed by atoms with Crippen LogP contribution in [-0.2, 0) is 4.74 Å². The van der Waals surface area contributed by atoms with Crippen molar-refractivity contribution in [1.29, 1.82) is 0 Å². The summed E-state index contributed by atoms with van der Waals surface area (Å²) in [5.74, 6) is 0. The Kier molecular flexibility index (Phi) is 12.6.